The molecule has 2 atom stereocenters. The van der Waals surface area contributed by atoms with E-state index in [1.807, 2.05) is 20.8 Å². The normalized spacial score (nSPS) is 18.9. The molecule has 1 fully saturated rings. The highest BCUT2D eigenvalue weighted by atomic mass is 79.9. The SMILES string of the molecule is CC(C)(C)C[C@]1(c2ccc(Br)cc2F)N=C(NC(=O)OC(C)(C)C)N([C@H](COC(=O)NC2CC2)c2ccc(Cl)c(C(N)=O)c2)C1=O. The molecule has 0 bridgehead atoms. The largest absolute Gasteiger partial charge is 0.447 e. The van der Waals surface area contributed by atoms with Crippen LogP contribution in [0.4, 0.5) is 14.0 Å². The quantitative estimate of drug-likeness (QED) is 0.290. The molecule has 4 N–H and O–H groups in total. The number of guanidine groups is 1. The van der Waals surface area contributed by atoms with E-state index in [-0.39, 0.29) is 40.1 Å². The van der Waals surface area contributed by atoms with Crippen LogP contribution in [-0.2, 0) is 19.8 Å². The van der Waals surface area contributed by atoms with Crippen molar-refractivity contribution in [3.05, 3.63) is 68.4 Å². The average molecular weight is 723 g/mol. The summed E-state index contributed by atoms with van der Waals surface area (Å²) in [5, 5.41) is 5.36. The number of carbonyl (C=O) groups is 4. The van der Waals surface area contributed by atoms with Gasteiger partial charge in [0.15, 0.2) is 5.54 Å². The van der Waals surface area contributed by atoms with E-state index in [4.69, 9.17) is 31.8 Å². The lowest BCUT2D eigenvalue weighted by Gasteiger charge is -2.35. The van der Waals surface area contributed by atoms with Crippen LogP contribution in [0.3, 0.4) is 0 Å². The zero-order valence-corrected chi connectivity index (χ0v) is 28.8. The molecule has 0 aromatic heterocycles. The van der Waals surface area contributed by atoms with E-state index in [2.05, 4.69) is 26.6 Å². The first-order valence-electron chi connectivity index (χ1n) is 14.7. The van der Waals surface area contributed by atoms with Crippen LogP contribution in [0, 0.1) is 11.2 Å². The Morgan fingerprint density at radius 1 is 1.13 bits per heavy atom. The van der Waals surface area contributed by atoms with Gasteiger partial charge in [0, 0.05) is 16.1 Å². The summed E-state index contributed by atoms with van der Waals surface area (Å²) in [4.78, 5) is 58.9. The highest BCUT2D eigenvalue weighted by molar-refractivity contribution is 9.10. The molecular weight excluding hydrogens is 685 g/mol. The maximum Gasteiger partial charge on any atom is 0.414 e. The summed E-state index contributed by atoms with van der Waals surface area (Å²) in [6, 6.07) is 7.42. The van der Waals surface area contributed by atoms with Crippen LogP contribution in [0.2, 0.25) is 5.02 Å². The number of aliphatic imine (C=N–C) groups is 1. The summed E-state index contributed by atoms with van der Waals surface area (Å²) in [5.74, 6) is -2.50. The Kier molecular flexibility index (Phi) is 10.1. The second kappa shape index (κ2) is 13.2. The topological polar surface area (TPSA) is 152 Å². The molecule has 1 aliphatic carbocycles. The molecule has 248 valence electrons. The van der Waals surface area contributed by atoms with E-state index in [1.165, 1.54) is 30.3 Å². The highest BCUT2D eigenvalue weighted by Crippen LogP contribution is 2.46. The van der Waals surface area contributed by atoms with Gasteiger partial charge in [-0.2, -0.15) is 0 Å². The van der Waals surface area contributed by atoms with Gasteiger partial charge in [0.25, 0.3) is 5.91 Å². The zero-order chi connectivity index (χ0) is 34.2. The van der Waals surface area contributed by atoms with Crippen molar-refractivity contribution in [2.45, 2.75) is 84.0 Å². The standard InChI is InChI=1S/C32H38BrClFN5O6/c1-30(2,3)16-32(21-11-8-18(33)14-23(21)35)26(42)40(27(39-32)38-29(44)46-31(4,5)6)24(15-45-28(43)37-19-9-10-19)17-7-12-22(34)20(13-17)25(36)41/h7-8,11-14,19,24H,9-10,15-16H2,1-6H3,(H2,36,41)(H,37,43)(H,38,39,44)/t24-,32-/m1/s1. The zero-order valence-electron chi connectivity index (χ0n) is 26.5. The van der Waals surface area contributed by atoms with E-state index >= 15 is 4.39 Å². The van der Waals surface area contributed by atoms with Crippen molar-refractivity contribution in [3.8, 4) is 0 Å². The molecule has 11 nitrogen and oxygen atoms in total. The number of nitrogens with one attached hydrogen (secondary N) is 2. The van der Waals surface area contributed by atoms with Gasteiger partial charge in [-0.25, -0.2) is 19.0 Å². The number of benzene rings is 2. The Morgan fingerprint density at radius 2 is 1.80 bits per heavy atom. The van der Waals surface area contributed by atoms with Gasteiger partial charge in [-0.1, -0.05) is 60.4 Å². The molecule has 0 saturated heterocycles. The number of alkyl carbamates (subject to hydrolysis) is 2. The average Bonchev–Trinajstić information content (AvgIpc) is 3.68. The summed E-state index contributed by atoms with van der Waals surface area (Å²) in [6.45, 7) is 10.2. The molecule has 4 amide bonds. The number of primary amides is 1. The van der Waals surface area contributed by atoms with Crippen LogP contribution >= 0.6 is 27.5 Å². The van der Waals surface area contributed by atoms with Crippen LogP contribution in [0.1, 0.15) is 88.3 Å². The lowest BCUT2D eigenvalue weighted by atomic mass is 9.75. The summed E-state index contributed by atoms with van der Waals surface area (Å²) in [6.07, 6.45) is 0.00434. The molecule has 2 aromatic rings. The maximum atomic E-state index is 15.8. The third-order valence-electron chi connectivity index (χ3n) is 7.10. The highest BCUT2D eigenvalue weighted by Gasteiger charge is 2.55. The molecule has 0 unspecified atom stereocenters. The Hall–Kier alpha value is -3.71. The molecule has 2 aromatic carbocycles. The number of hydrogen-bond donors (Lipinski definition) is 3. The molecule has 0 radical (unpaired) electrons. The van der Waals surface area contributed by atoms with Crippen molar-refractivity contribution in [2.24, 2.45) is 16.1 Å². The van der Waals surface area contributed by atoms with E-state index in [9.17, 15) is 19.2 Å². The van der Waals surface area contributed by atoms with E-state index < -0.39 is 59.0 Å². The molecule has 1 heterocycles. The summed E-state index contributed by atoms with van der Waals surface area (Å²) in [5.41, 5.74) is 2.44. The number of amides is 4. The Morgan fingerprint density at radius 3 is 2.37 bits per heavy atom. The number of nitrogens with two attached hydrogens (primary N) is 1. The molecule has 2 aliphatic rings. The fraction of sp³-hybridized carbons (Fsp3) is 0.469. The number of rotatable bonds is 8. The third-order valence-corrected chi connectivity index (χ3v) is 7.92. The van der Waals surface area contributed by atoms with Gasteiger partial charge in [-0.05, 0) is 75.3 Å². The van der Waals surface area contributed by atoms with Gasteiger partial charge in [0.2, 0.25) is 11.9 Å². The van der Waals surface area contributed by atoms with Crippen molar-refractivity contribution in [3.63, 3.8) is 0 Å². The van der Waals surface area contributed by atoms with Crippen molar-refractivity contribution in [1.82, 2.24) is 15.5 Å². The van der Waals surface area contributed by atoms with Gasteiger partial charge in [0.1, 0.15) is 18.0 Å². The molecule has 4 rings (SSSR count). The van der Waals surface area contributed by atoms with Crippen LogP contribution < -0.4 is 16.4 Å². The minimum atomic E-state index is -1.86. The first-order valence-corrected chi connectivity index (χ1v) is 15.9. The van der Waals surface area contributed by atoms with E-state index in [0.29, 0.717) is 4.47 Å². The molecule has 0 spiro atoms. The van der Waals surface area contributed by atoms with Crippen LogP contribution in [0.15, 0.2) is 45.9 Å². The molecule has 1 saturated carbocycles. The summed E-state index contributed by atoms with van der Waals surface area (Å²) in [7, 11) is 0. The second-order valence-electron chi connectivity index (χ2n) is 13.6. The van der Waals surface area contributed by atoms with Crippen LogP contribution in [0.5, 0.6) is 0 Å². The number of nitrogens with zero attached hydrogens (tertiary/aromatic N) is 2. The smallest absolute Gasteiger partial charge is 0.414 e. The van der Waals surface area contributed by atoms with Crippen LogP contribution in [-0.4, -0.2) is 53.1 Å². The third kappa shape index (κ3) is 8.35. The van der Waals surface area contributed by atoms with Gasteiger partial charge in [-0.15, -0.1) is 0 Å². The molecule has 46 heavy (non-hydrogen) atoms. The Bertz CT molecular complexity index is 1590. The Labute approximate surface area is 280 Å². The van der Waals surface area contributed by atoms with Crippen molar-refractivity contribution in [1.29, 1.82) is 0 Å². The van der Waals surface area contributed by atoms with Gasteiger partial charge >= 0.3 is 12.2 Å². The lowest BCUT2D eigenvalue weighted by molar-refractivity contribution is -0.135. The number of halogens is 3. The predicted octanol–water partition coefficient (Wildman–Crippen LogP) is 6.32. The maximum absolute atomic E-state index is 15.8. The monoisotopic (exact) mass is 721 g/mol. The van der Waals surface area contributed by atoms with Crippen LogP contribution in [0.25, 0.3) is 0 Å². The lowest BCUT2D eigenvalue weighted by Crippen LogP contribution is -2.50. The molecular formula is C32H38BrClFN5O6. The minimum Gasteiger partial charge on any atom is -0.447 e. The minimum absolute atomic E-state index is 0.0119. The van der Waals surface area contributed by atoms with E-state index in [0.717, 1.165) is 17.7 Å². The predicted molar refractivity (Wildman–Crippen MR) is 174 cm³/mol. The summed E-state index contributed by atoms with van der Waals surface area (Å²) >= 11 is 9.51. The fourth-order valence-electron chi connectivity index (χ4n) is 5.18. The molecule has 14 heteroatoms. The molecule has 1 aliphatic heterocycles. The fourth-order valence-corrected chi connectivity index (χ4v) is 5.72. The first-order chi connectivity index (χ1) is 21.3. The first kappa shape index (κ1) is 35.1. The Balaban J connectivity index is 1.91. The summed E-state index contributed by atoms with van der Waals surface area (Å²) < 4.78 is 27.3. The van der Waals surface area contributed by atoms with Gasteiger partial charge in [-0.3, -0.25) is 19.8 Å². The van der Waals surface area contributed by atoms with E-state index in [1.54, 1.807) is 26.8 Å². The van der Waals surface area contributed by atoms with Gasteiger partial charge in [0.05, 0.1) is 16.6 Å². The van der Waals surface area contributed by atoms with Crippen molar-refractivity contribution >= 4 is 57.5 Å². The van der Waals surface area contributed by atoms with Crippen molar-refractivity contribution < 1.29 is 33.0 Å². The van der Waals surface area contributed by atoms with Crippen molar-refractivity contribution in [2.75, 3.05) is 6.61 Å². The van der Waals surface area contributed by atoms with Gasteiger partial charge < -0.3 is 20.5 Å². The second-order valence-corrected chi connectivity index (χ2v) is 14.9. The number of ether oxygens (including phenoxy) is 2. The number of hydrogen-bond acceptors (Lipinski definition) is 7. The number of carbonyl (C=O) groups excluding carboxylic acids is 4.